The number of pyridine rings is 1. The van der Waals surface area contributed by atoms with Crippen LogP contribution in [0.5, 0.6) is 40.2 Å². The van der Waals surface area contributed by atoms with E-state index in [4.69, 9.17) is 4.74 Å². The van der Waals surface area contributed by atoms with Crippen molar-refractivity contribution in [1.82, 2.24) is 4.98 Å². The average Bonchev–Trinajstić information content (AvgIpc) is 2.93. The lowest BCUT2D eigenvalue weighted by Gasteiger charge is -2.23. The number of rotatable bonds is 6. The minimum Gasteiger partial charge on any atom is -0.507 e. The van der Waals surface area contributed by atoms with Crippen LogP contribution in [-0.2, 0) is 0 Å². The Morgan fingerprint density at radius 2 is 1.29 bits per heavy atom. The smallest absolute Gasteiger partial charge is 0.173 e. The number of fused-ring (bicyclic) bond motifs is 2. The van der Waals surface area contributed by atoms with E-state index >= 15 is 0 Å². The molecular formula is C34H33NO7. The highest BCUT2D eigenvalue weighted by atomic mass is 16.5. The Hall–Kier alpha value is -4.98. The number of carbonyl (C=O) groups is 1. The molecular weight excluding hydrogens is 534 g/mol. The van der Waals surface area contributed by atoms with Gasteiger partial charge in [0.15, 0.2) is 29.3 Å². The number of hydrogen-bond donors (Lipinski definition) is 5. The van der Waals surface area contributed by atoms with Gasteiger partial charge in [-0.3, -0.25) is 9.78 Å². The average molecular weight is 568 g/mol. The maximum atomic E-state index is 12.1. The van der Waals surface area contributed by atoms with Crippen molar-refractivity contribution in [3.63, 3.8) is 0 Å². The molecule has 0 bridgehead atoms. The van der Waals surface area contributed by atoms with E-state index in [-0.39, 0.29) is 51.3 Å². The number of carbonyl (C=O) groups excluding carboxylic acids is 1. The zero-order chi connectivity index (χ0) is 30.6. The molecule has 0 saturated carbocycles. The van der Waals surface area contributed by atoms with Gasteiger partial charge in [0.2, 0.25) is 0 Å². The lowest BCUT2D eigenvalue weighted by atomic mass is 9.84. The molecule has 0 spiro atoms. The zero-order valence-electron chi connectivity index (χ0n) is 24.3. The number of aromatic hydroxyl groups is 5. The van der Waals surface area contributed by atoms with Crippen LogP contribution < -0.4 is 4.74 Å². The van der Waals surface area contributed by atoms with Gasteiger partial charge in [-0.25, -0.2) is 0 Å². The van der Waals surface area contributed by atoms with E-state index in [2.05, 4.69) is 4.98 Å². The molecule has 0 aliphatic rings. The molecule has 5 N–H and O–H groups in total. The first kappa shape index (κ1) is 28.5. The first-order valence-corrected chi connectivity index (χ1v) is 13.7. The molecule has 4 aromatic carbocycles. The van der Waals surface area contributed by atoms with E-state index in [1.165, 1.54) is 6.07 Å². The summed E-state index contributed by atoms with van der Waals surface area (Å²) < 4.78 is 6.08. The largest absolute Gasteiger partial charge is 0.507 e. The van der Waals surface area contributed by atoms with Gasteiger partial charge in [-0.05, 0) is 65.8 Å². The normalized spacial score (nSPS) is 11.6. The van der Waals surface area contributed by atoms with Crippen LogP contribution >= 0.6 is 0 Å². The second kappa shape index (κ2) is 10.4. The molecule has 216 valence electrons. The van der Waals surface area contributed by atoms with Crippen molar-refractivity contribution < 1.29 is 35.1 Å². The van der Waals surface area contributed by atoms with Crippen LogP contribution in [0.25, 0.3) is 32.7 Å². The molecule has 8 nitrogen and oxygen atoms in total. The van der Waals surface area contributed by atoms with Crippen molar-refractivity contribution in [3.05, 3.63) is 70.5 Å². The molecule has 0 saturated heterocycles. The number of phenols is 5. The molecule has 0 aliphatic carbocycles. The van der Waals surface area contributed by atoms with E-state index in [1.807, 2.05) is 33.8 Å². The topological polar surface area (TPSA) is 140 Å². The molecule has 0 aliphatic heterocycles. The monoisotopic (exact) mass is 567 g/mol. The molecule has 0 radical (unpaired) electrons. The predicted molar refractivity (Wildman–Crippen MR) is 163 cm³/mol. The lowest BCUT2D eigenvalue weighted by molar-refractivity contribution is 0.112. The summed E-state index contributed by atoms with van der Waals surface area (Å²) in [7, 11) is 0. The van der Waals surface area contributed by atoms with Gasteiger partial charge >= 0.3 is 0 Å². The Morgan fingerprint density at radius 3 is 1.86 bits per heavy atom. The third kappa shape index (κ3) is 4.31. The molecule has 0 atom stereocenters. The van der Waals surface area contributed by atoms with E-state index < -0.39 is 11.5 Å². The molecule has 8 heteroatoms. The van der Waals surface area contributed by atoms with E-state index in [9.17, 15) is 30.3 Å². The van der Waals surface area contributed by atoms with Gasteiger partial charge in [-0.2, -0.15) is 0 Å². The molecule has 0 amide bonds. The van der Waals surface area contributed by atoms with Crippen LogP contribution in [0.15, 0.2) is 42.7 Å². The minimum absolute atomic E-state index is 0.0790. The summed E-state index contributed by atoms with van der Waals surface area (Å²) in [6.45, 7) is 11.1. The summed E-state index contributed by atoms with van der Waals surface area (Å²) in [5.41, 5.74) is 2.62. The van der Waals surface area contributed by atoms with Gasteiger partial charge in [0.05, 0.1) is 5.56 Å². The maximum absolute atomic E-state index is 12.1. The number of aromatic nitrogens is 1. The summed E-state index contributed by atoms with van der Waals surface area (Å²) in [6.07, 6.45) is 3.57. The number of aryl methyl sites for hydroxylation is 2. The van der Waals surface area contributed by atoms with Gasteiger partial charge in [-0.1, -0.05) is 39.8 Å². The van der Waals surface area contributed by atoms with E-state index in [0.717, 1.165) is 0 Å². The van der Waals surface area contributed by atoms with Gasteiger partial charge in [0, 0.05) is 45.4 Å². The molecule has 5 rings (SSSR count). The van der Waals surface area contributed by atoms with E-state index in [0.29, 0.717) is 56.0 Å². The number of aldehydes is 1. The summed E-state index contributed by atoms with van der Waals surface area (Å²) in [5.74, 6) is -1.24. The Morgan fingerprint density at radius 1 is 0.714 bits per heavy atom. The highest BCUT2D eigenvalue weighted by Gasteiger charge is 2.28. The van der Waals surface area contributed by atoms with Crippen molar-refractivity contribution in [2.45, 2.75) is 53.4 Å². The third-order valence-electron chi connectivity index (χ3n) is 7.77. The Labute approximate surface area is 243 Å². The SMILES string of the molecule is Cc1cc2c(C(C)C)c(Oc3ccncc3)c(O)cc2c(O)c1-c1c(C)cc2c(C(C)C)c(O)c(O)c(C=O)c2c1O. The van der Waals surface area contributed by atoms with Crippen molar-refractivity contribution in [2.24, 2.45) is 0 Å². The first-order chi connectivity index (χ1) is 19.9. The van der Waals surface area contributed by atoms with Crippen molar-refractivity contribution in [2.75, 3.05) is 0 Å². The van der Waals surface area contributed by atoms with Crippen molar-refractivity contribution >= 4 is 27.8 Å². The molecule has 0 unspecified atom stereocenters. The standard InChI is InChI=1S/C34H33NO7/c1-15(2)25-22-12-18(6)28(32(40)29(22)23(14-36)31(39)33(25)41)27-17(5)11-20-21(30(27)38)13-24(37)34(26(20)16(3)4)42-19-7-9-35-10-8-19/h7-16,37-41H,1-6H3. The summed E-state index contributed by atoms with van der Waals surface area (Å²) in [6, 6.07) is 8.40. The maximum Gasteiger partial charge on any atom is 0.173 e. The summed E-state index contributed by atoms with van der Waals surface area (Å²) in [4.78, 5) is 16.1. The number of phenolic OH excluding ortho intramolecular Hbond substituents is 5. The van der Waals surface area contributed by atoms with Crippen molar-refractivity contribution in [3.8, 4) is 51.4 Å². The molecule has 0 fully saturated rings. The molecule has 5 aromatic rings. The minimum atomic E-state index is -0.612. The zero-order valence-corrected chi connectivity index (χ0v) is 24.3. The van der Waals surface area contributed by atoms with Gasteiger partial charge < -0.3 is 30.3 Å². The summed E-state index contributed by atoms with van der Waals surface area (Å²) in [5, 5.41) is 57.5. The third-order valence-corrected chi connectivity index (χ3v) is 7.77. The molecule has 42 heavy (non-hydrogen) atoms. The highest BCUT2D eigenvalue weighted by Crippen LogP contribution is 2.53. The summed E-state index contributed by atoms with van der Waals surface area (Å²) >= 11 is 0. The second-order valence-corrected chi connectivity index (χ2v) is 11.2. The predicted octanol–water partition coefficient (Wildman–Crippen LogP) is 8.05. The van der Waals surface area contributed by atoms with E-state index in [1.54, 1.807) is 44.4 Å². The number of hydrogen-bond acceptors (Lipinski definition) is 8. The highest BCUT2D eigenvalue weighted by molar-refractivity contribution is 6.12. The van der Waals surface area contributed by atoms with Crippen LogP contribution in [0, 0.1) is 13.8 Å². The van der Waals surface area contributed by atoms with Gasteiger partial charge in [0.1, 0.15) is 17.2 Å². The number of nitrogens with zero attached hydrogens (tertiary/aromatic N) is 1. The van der Waals surface area contributed by atoms with Crippen LogP contribution in [0.3, 0.4) is 0 Å². The van der Waals surface area contributed by atoms with Crippen LogP contribution in [0.4, 0.5) is 0 Å². The second-order valence-electron chi connectivity index (χ2n) is 11.2. The fraction of sp³-hybridized carbons (Fsp3) is 0.235. The van der Waals surface area contributed by atoms with Crippen LogP contribution in [-0.4, -0.2) is 36.8 Å². The first-order valence-electron chi connectivity index (χ1n) is 13.7. The Balaban J connectivity index is 1.86. The fourth-order valence-electron chi connectivity index (χ4n) is 5.97. The number of ether oxygens (including phenoxy) is 1. The fourth-order valence-corrected chi connectivity index (χ4v) is 5.97. The van der Waals surface area contributed by atoms with Gasteiger partial charge in [0.25, 0.3) is 0 Å². The number of benzene rings is 4. The van der Waals surface area contributed by atoms with Crippen LogP contribution in [0.1, 0.15) is 72.1 Å². The molecule has 1 aromatic heterocycles. The molecule has 1 heterocycles. The van der Waals surface area contributed by atoms with Gasteiger partial charge in [-0.15, -0.1) is 0 Å². The lowest BCUT2D eigenvalue weighted by Crippen LogP contribution is -2.00. The van der Waals surface area contributed by atoms with Crippen LogP contribution in [0.2, 0.25) is 0 Å². The Kier molecular flexibility index (Phi) is 7.10. The Bertz CT molecular complexity index is 1890. The van der Waals surface area contributed by atoms with Crippen molar-refractivity contribution in [1.29, 1.82) is 0 Å². The quantitative estimate of drug-likeness (QED) is 0.103.